The number of hydrogen-bond donors (Lipinski definition) is 1. The molecule has 3 rings (SSSR count). The van der Waals surface area contributed by atoms with Gasteiger partial charge in [0.2, 0.25) is 4.96 Å². The summed E-state index contributed by atoms with van der Waals surface area (Å²) in [4.78, 5) is 20.8. The van der Waals surface area contributed by atoms with Crippen LogP contribution in [0.15, 0.2) is 22.3 Å². The molecule has 0 aromatic carbocycles. The number of aromatic nitrogens is 6. The number of nitrogens with one attached hydrogen (secondary N) is 1. The van der Waals surface area contributed by atoms with Crippen LogP contribution < -0.4 is 5.56 Å². The molecule has 0 aliphatic carbocycles. The van der Waals surface area contributed by atoms with Gasteiger partial charge in [-0.3, -0.25) is 9.89 Å². The van der Waals surface area contributed by atoms with E-state index in [1.54, 1.807) is 0 Å². The van der Waals surface area contributed by atoms with Crippen molar-refractivity contribution in [3.05, 3.63) is 33.4 Å². The Morgan fingerprint density at radius 3 is 3.22 bits per heavy atom. The molecule has 0 bridgehead atoms. The van der Waals surface area contributed by atoms with Crippen LogP contribution in [0.2, 0.25) is 0 Å². The van der Waals surface area contributed by atoms with E-state index in [0.29, 0.717) is 21.6 Å². The first-order chi connectivity index (χ1) is 8.72. The van der Waals surface area contributed by atoms with Crippen LogP contribution in [0.5, 0.6) is 0 Å². The molecule has 0 atom stereocenters. The highest BCUT2D eigenvalue weighted by atomic mass is 32.2. The summed E-state index contributed by atoms with van der Waals surface area (Å²) in [5.41, 5.74) is 0.558. The SMILES string of the molecule is Cc1nn2c(=O)cc(CSc3ncn[nH]3)nc2s1. The molecule has 3 aromatic rings. The second-order valence-corrected chi connectivity index (χ2v) is 5.60. The number of nitrogens with zero attached hydrogens (tertiary/aromatic N) is 5. The molecule has 0 amide bonds. The van der Waals surface area contributed by atoms with Crippen molar-refractivity contribution in [3.8, 4) is 0 Å². The van der Waals surface area contributed by atoms with Crippen molar-refractivity contribution < 1.29 is 0 Å². The molecule has 0 fully saturated rings. The molecule has 3 heterocycles. The Kier molecular flexibility index (Phi) is 2.84. The molecule has 9 heteroatoms. The van der Waals surface area contributed by atoms with E-state index in [0.717, 1.165) is 5.01 Å². The second kappa shape index (κ2) is 4.50. The third kappa shape index (κ3) is 2.14. The van der Waals surface area contributed by atoms with Gasteiger partial charge in [0.15, 0.2) is 5.16 Å². The average Bonchev–Trinajstić information content (AvgIpc) is 2.94. The van der Waals surface area contributed by atoms with Crippen LogP contribution in [0.4, 0.5) is 0 Å². The fraction of sp³-hybridized carbons (Fsp3) is 0.222. The van der Waals surface area contributed by atoms with Crippen molar-refractivity contribution >= 4 is 28.1 Å². The fourth-order valence-corrected chi connectivity index (χ4v) is 2.87. The Bertz CT molecular complexity index is 731. The van der Waals surface area contributed by atoms with Crippen molar-refractivity contribution in [2.24, 2.45) is 0 Å². The van der Waals surface area contributed by atoms with Crippen LogP contribution in [0.3, 0.4) is 0 Å². The summed E-state index contributed by atoms with van der Waals surface area (Å²) in [6.07, 6.45) is 1.44. The molecule has 18 heavy (non-hydrogen) atoms. The van der Waals surface area contributed by atoms with E-state index >= 15 is 0 Å². The molecule has 0 saturated heterocycles. The molecule has 7 nitrogen and oxygen atoms in total. The summed E-state index contributed by atoms with van der Waals surface area (Å²) in [6, 6.07) is 1.50. The first-order valence-electron chi connectivity index (χ1n) is 5.07. The molecule has 0 radical (unpaired) electrons. The summed E-state index contributed by atoms with van der Waals surface area (Å²) in [7, 11) is 0. The van der Waals surface area contributed by atoms with Gasteiger partial charge in [0.05, 0.1) is 5.69 Å². The number of thioether (sulfide) groups is 1. The average molecular weight is 280 g/mol. The number of rotatable bonds is 3. The molecule has 0 unspecified atom stereocenters. The fourth-order valence-electron chi connectivity index (χ4n) is 1.43. The number of aromatic amines is 1. The van der Waals surface area contributed by atoms with Gasteiger partial charge < -0.3 is 0 Å². The molecule has 92 valence electrons. The van der Waals surface area contributed by atoms with Gasteiger partial charge in [0.1, 0.15) is 11.3 Å². The van der Waals surface area contributed by atoms with Crippen molar-refractivity contribution in [3.63, 3.8) is 0 Å². The largest absolute Gasteiger partial charge is 0.275 e. The third-order valence-electron chi connectivity index (χ3n) is 2.15. The van der Waals surface area contributed by atoms with Gasteiger partial charge in [-0.2, -0.15) is 14.7 Å². The van der Waals surface area contributed by atoms with Gasteiger partial charge >= 0.3 is 0 Å². The van der Waals surface area contributed by atoms with Gasteiger partial charge in [0, 0.05) is 11.8 Å². The summed E-state index contributed by atoms with van der Waals surface area (Å²) in [6.45, 7) is 1.85. The smallest absolute Gasteiger partial charge is 0.267 e. The van der Waals surface area contributed by atoms with Crippen molar-refractivity contribution in [2.45, 2.75) is 17.8 Å². The minimum absolute atomic E-state index is 0.155. The topological polar surface area (TPSA) is 88.8 Å². The third-order valence-corrected chi connectivity index (χ3v) is 3.88. The highest BCUT2D eigenvalue weighted by Crippen LogP contribution is 2.17. The molecular formula is C9H8N6OS2. The van der Waals surface area contributed by atoms with Gasteiger partial charge in [-0.1, -0.05) is 23.1 Å². The van der Waals surface area contributed by atoms with E-state index in [1.807, 2.05) is 6.92 Å². The Morgan fingerprint density at radius 1 is 1.56 bits per heavy atom. The van der Waals surface area contributed by atoms with Gasteiger partial charge in [-0.15, -0.1) is 0 Å². The highest BCUT2D eigenvalue weighted by Gasteiger charge is 2.07. The lowest BCUT2D eigenvalue weighted by atomic mass is 10.4. The second-order valence-electron chi connectivity index (χ2n) is 3.48. The first-order valence-corrected chi connectivity index (χ1v) is 6.87. The van der Waals surface area contributed by atoms with Crippen LogP contribution in [0.1, 0.15) is 10.7 Å². The molecule has 0 aliphatic rings. The van der Waals surface area contributed by atoms with E-state index in [9.17, 15) is 4.79 Å². The molecule has 1 N–H and O–H groups in total. The molecule has 0 spiro atoms. The molecule has 0 aliphatic heterocycles. The van der Waals surface area contributed by atoms with Crippen LogP contribution in [-0.4, -0.2) is 29.8 Å². The number of H-pyrrole nitrogens is 1. The van der Waals surface area contributed by atoms with Gasteiger partial charge in [0.25, 0.3) is 5.56 Å². The van der Waals surface area contributed by atoms with Crippen LogP contribution >= 0.6 is 23.1 Å². The number of aryl methyl sites for hydroxylation is 1. The van der Waals surface area contributed by atoms with E-state index in [-0.39, 0.29) is 5.56 Å². The predicted octanol–water partition coefficient (Wildman–Crippen LogP) is 0.870. The maximum atomic E-state index is 11.8. The maximum Gasteiger partial charge on any atom is 0.275 e. The minimum atomic E-state index is -0.155. The van der Waals surface area contributed by atoms with E-state index in [2.05, 4.69) is 25.3 Å². The first kappa shape index (κ1) is 11.4. The van der Waals surface area contributed by atoms with Gasteiger partial charge in [-0.25, -0.2) is 9.97 Å². The van der Waals surface area contributed by atoms with Crippen molar-refractivity contribution in [1.29, 1.82) is 0 Å². The Balaban J connectivity index is 1.90. The van der Waals surface area contributed by atoms with Crippen LogP contribution in [0, 0.1) is 6.92 Å². The Hall–Kier alpha value is -1.74. The van der Waals surface area contributed by atoms with Crippen LogP contribution in [-0.2, 0) is 5.75 Å². The van der Waals surface area contributed by atoms with Gasteiger partial charge in [-0.05, 0) is 6.92 Å². The van der Waals surface area contributed by atoms with Crippen molar-refractivity contribution in [1.82, 2.24) is 29.8 Å². The lowest BCUT2D eigenvalue weighted by Crippen LogP contribution is -2.15. The molecular weight excluding hydrogens is 272 g/mol. The Labute approximate surface area is 109 Å². The predicted molar refractivity (Wildman–Crippen MR) is 67.8 cm³/mol. The lowest BCUT2D eigenvalue weighted by molar-refractivity contribution is 0.871. The monoisotopic (exact) mass is 280 g/mol. The Morgan fingerprint density at radius 2 is 2.44 bits per heavy atom. The summed E-state index contributed by atoms with van der Waals surface area (Å²) < 4.78 is 1.32. The quantitative estimate of drug-likeness (QED) is 0.716. The standard InChI is InChI=1S/C9H8N6OS2/c1-5-14-15-7(16)2-6(12-9(15)18-5)3-17-8-10-4-11-13-8/h2,4H,3H2,1H3,(H,10,11,13). The zero-order valence-electron chi connectivity index (χ0n) is 9.32. The zero-order valence-corrected chi connectivity index (χ0v) is 11.0. The summed E-state index contributed by atoms with van der Waals surface area (Å²) >= 11 is 2.85. The lowest BCUT2D eigenvalue weighted by Gasteiger charge is -1.97. The molecule has 0 saturated carbocycles. The van der Waals surface area contributed by atoms with E-state index < -0.39 is 0 Å². The van der Waals surface area contributed by atoms with Crippen molar-refractivity contribution in [2.75, 3.05) is 0 Å². The number of hydrogen-bond acceptors (Lipinski definition) is 7. The molecule has 3 aromatic heterocycles. The van der Waals surface area contributed by atoms with E-state index in [1.165, 1.54) is 40.0 Å². The minimum Gasteiger partial charge on any atom is -0.267 e. The summed E-state index contributed by atoms with van der Waals surface area (Å²) in [5, 5.41) is 12.1. The highest BCUT2D eigenvalue weighted by molar-refractivity contribution is 7.98. The normalized spacial score (nSPS) is 11.2. The van der Waals surface area contributed by atoms with Crippen LogP contribution in [0.25, 0.3) is 4.96 Å². The summed E-state index contributed by atoms with van der Waals surface area (Å²) in [5.74, 6) is 0.567. The zero-order chi connectivity index (χ0) is 12.5. The van der Waals surface area contributed by atoms with E-state index in [4.69, 9.17) is 0 Å². The maximum absolute atomic E-state index is 11.8. The number of fused-ring (bicyclic) bond motifs is 1.